The van der Waals surface area contributed by atoms with E-state index in [-0.39, 0.29) is 11.9 Å². The van der Waals surface area contributed by atoms with Crippen LogP contribution in [0.15, 0.2) is 18.2 Å². The number of carbonyl (C=O) groups excluding carboxylic acids is 1. The maximum absolute atomic E-state index is 12.4. The number of rotatable bonds is 3. The monoisotopic (exact) mass is 355 g/mol. The molecule has 3 heteroatoms. The van der Waals surface area contributed by atoms with E-state index in [1.165, 1.54) is 49.8 Å². The predicted molar refractivity (Wildman–Crippen MR) is 104 cm³/mol. The van der Waals surface area contributed by atoms with Gasteiger partial charge in [0, 0.05) is 11.5 Å². The molecule has 0 amide bonds. The van der Waals surface area contributed by atoms with Gasteiger partial charge in [0.15, 0.2) is 0 Å². The van der Waals surface area contributed by atoms with Crippen molar-refractivity contribution in [2.45, 2.75) is 70.8 Å². The van der Waals surface area contributed by atoms with Crippen LogP contribution in [0.2, 0.25) is 0 Å². The minimum absolute atomic E-state index is 0.0701. The fourth-order valence-corrected chi connectivity index (χ4v) is 5.72. The van der Waals surface area contributed by atoms with Crippen molar-refractivity contribution in [3.8, 4) is 5.75 Å². The Bertz CT molecular complexity index is 697. The van der Waals surface area contributed by atoms with Gasteiger partial charge in [-0.2, -0.15) is 0 Å². The van der Waals surface area contributed by atoms with Gasteiger partial charge in [0.05, 0.1) is 5.92 Å². The van der Waals surface area contributed by atoms with Crippen molar-refractivity contribution in [1.82, 2.24) is 4.90 Å². The number of hydrogen-bond acceptors (Lipinski definition) is 3. The molecule has 0 radical (unpaired) electrons. The maximum atomic E-state index is 12.4. The van der Waals surface area contributed by atoms with Crippen LogP contribution >= 0.6 is 0 Å². The first kappa shape index (κ1) is 18.0. The second kappa shape index (κ2) is 6.67. The smallest absolute Gasteiger partial charge is 0.314 e. The number of esters is 1. The number of likely N-dealkylation sites (tertiary alicyclic amines) is 1. The molecule has 1 aromatic rings. The van der Waals surface area contributed by atoms with Crippen LogP contribution in [0.25, 0.3) is 0 Å². The Morgan fingerprint density at radius 1 is 1.23 bits per heavy atom. The molecule has 2 aliphatic carbocycles. The standard InChI is InChI=1S/C23H33NO2/c1-15(2)16(3)22(25)26-18-9-8-17-13-21-19-7-5-6-10-23(19,20(17)14-18)11-12-24(21)4/h8-9,14-16,19,21H,5-7,10-13H2,1-4H3/t16?,19-,21+,23+/m0/s1. The zero-order chi connectivity index (χ0) is 18.5. The van der Waals surface area contributed by atoms with Crippen LogP contribution < -0.4 is 4.74 Å². The molecule has 1 saturated carbocycles. The van der Waals surface area contributed by atoms with Crippen molar-refractivity contribution >= 4 is 5.97 Å². The second-order valence-electron chi connectivity index (χ2n) is 9.28. The summed E-state index contributed by atoms with van der Waals surface area (Å²) < 4.78 is 5.79. The Kier molecular flexibility index (Phi) is 4.63. The third-order valence-corrected chi connectivity index (χ3v) is 7.68. The minimum atomic E-state index is -0.102. The summed E-state index contributed by atoms with van der Waals surface area (Å²) in [7, 11) is 2.30. The number of hydrogen-bond donors (Lipinski definition) is 0. The van der Waals surface area contributed by atoms with Gasteiger partial charge < -0.3 is 9.64 Å². The molecule has 0 N–H and O–H groups in total. The molecule has 0 aromatic heterocycles. The highest BCUT2D eigenvalue weighted by Crippen LogP contribution is 2.55. The van der Waals surface area contributed by atoms with E-state index in [0.29, 0.717) is 17.4 Å². The Balaban J connectivity index is 1.68. The van der Waals surface area contributed by atoms with Crippen molar-refractivity contribution < 1.29 is 9.53 Å². The van der Waals surface area contributed by atoms with Crippen LogP contribution in [0.5, 0.6) is 5.75 Å². The minimum Gasteiger partial charge on any atom is -0.426 e. The molecule has 4 atom stereocenters. The highest BCUT2D eigenvalue weighted by atomic mass is 16.5. The Morgan fingerprint density at radius 3 is 2.81 bits per heavy atom. The van der Waals surface area contributed by atoms with E-state index in [1.54, 1.807) is 0 Å². The fourth-order valence-electron chi connectivity index (χ4n) is 5.72. The molecule has 26 heavy (non-hydrogen) atoms. The van der Waals surface area contributed by atoms with Gasteiger partial charge in [-0.3, -0.25) is 4.79 Å². The van der Waals surface area contributed by atoms with Crippen molar-refractivity contribution in [3.05, 3.63) is 29.3 Å². The van der Waals surface area contributed by atoms with Crippen LogP contribution in [0.1, 0.15) is 64.0 Å². The number of likely N-dealkylation sites (N-methyl/N-ethyl adjacent to an activating group) is 1. The molecule has 3 nitrogen and oxygen atoms in total. The molecule has 1 aliphatic heterocycles. The molecule has 2 fully saturated rings. The van der Waals surface area contributed by atoms with Crippen LogP contribution in [0.4, 0.5) is 0 Å². The third-order valence-electron chi connectivity index (χ3n) is 7.68. The number of ether oxygens (including phenoxy) is 1. The van der Waals surface area contributed by atoms with Crippen LogP contribution in [-0.2, 0) is 16.6 Å². The predicted octanol–water partition coefficient (Wildman–Crippen LogP) is 4.57. The lowest BCUT2D eigenvalue weighted by Gasteiger charge is -2.58. The largest absolute Gasteiger partial charge is 0.426 e. The molecular formula is C23H33NO2. The van der Waals surface area contributed by atoms with Gasteiger partial charge in [0.2, 0.25) is 0 Å². The summed E-state index contributed by atoms with van der Waals surface area (Å²) in [5, 5.41) is 0. The first-order valence-electron chi connectivity index (χ1n) is 10.5. The average molecular weight is 356 g/mol. The van der Waals surface area contributed by atoms with Gasteiger partial charge in [0.1, 0.15) is 5.75 Å². The molecule has 1 saturated heterocycles. The zero-order valence-electron chi connectivity index (χ0n) is 16.8. The average Bonchev–Trinajstić information content (AvgIpc) is 2.64. The molecule has 142 valence electrons. The van der Waals surface area contributed by atoms with Gasteiger partial charge in [-0.25, -0.2) is 0 Å². The van der Waals surface area contributed by atoms with E-state index in [1.807, 2.05) is 13.0 Å². The van der Waals surface area contributed by atoms with Crippen LogP contribution in [-0.4, -0.2) is 30.5 Å². The summed E-state index contributed by atoms with van der Waals surface area (Å²) in [4.78, 5) is 15.0. The van der Waals surface area contributed by atoms with E-state index >= 15 is 0 Å². The maximum Gasteiger partial charge on any atom is 0.314 e. The zero-order valence-corrected chi connectivity index (χ0v) is 16.8. The van der Waals surface area contributed by atoms with Crippen LogP contribution in [0, 0.1) is 17.8 Å². The Labute approximate surface area is 158 Å². The molecule has 1 unspecified atom stereocenters. The summed E-state index contributed by atoms with van der Waals surface area (Å²) in [5.41, 5.74) is 3.29. The number of fused-ring (bicyclic) bond motifs is 1. The quantitative estimate of drug-likeness (QED) is 0.587. The van der Waals surface area contributed by atoms with Crippen LogP contribution in [0.3, 0.4) is 0 Å². The van der Waals surface area contributed by atoms with Crippen molar-refractivity contribution in [2.75, 3.05) is 13.6 Å². The van der Waals surface area contributed by atoms with Crippen molar-refractivity contribution in [2.24, 2.45) is 17.8 Å². The molecular weight excluding hydrogens is 322 g/mol. The summed E-state index contributed by atoms with van der Waals surface area (Å²) in [6.07, 6.45) is 7.75. The summed E-state index contributed by atoms with van der Waals surface area (Å²) >= 11 is 0. The van der Waals surface area contributed by atoms with E-state index < -0.39 is 0 Å². The number of benzene rings is 1. The number of piperidine rings is 1. The summed E-state index contributed by atoms with van der Waals surface area (Å²) in [5.74, 6) is 1.64. The third kappa shape index (κ3) is 2.79. The molecule has 3 aliphatic rings. The molecule has 0 spiro atoms. The first-order chi connectivity index (χ1) is 12.4. The van der Waals surface area contributed by atoms with E-state index in [4.69, 9.17) is 4.74 Å². The van der Waals surface area contributed by atoms with E-state index in [9.17, 15) is 4.79 Å². The van der Waals surface area contributed by atoms with E-state index in [0.717, 1.165) is 18.1 Å². The molecule has 1 heterocycles. The van der Waals surface area contributed by atoms with Gasteiger partial charge in [-0.05, 0) is 74.4 Å². The molecule has 2 bridgehead atoms. The van der Waals surface area contributed by atoms with Gasteiger partial charge in [-0.15, -0.1) is 0 Å². The summed E-state index contributed by atoms with van der Waals surface area (Å²) in [6, 6.07) is 7.15. The Hall–Kier alpha value is -1.35. The van der Waals surface area contributed by atoms with Gasteiger partial charge in [-0.1, -0.05) is 39.7 Å². The first-order valence-corrected chi connectivity index (χ1v) is 10.5. The Morgan fingerprint density at radius 2 is 2.04 bits per heavy atom. The highest BCUT2D eigenvalue weighted by Gasteiger charge is 2.53. The lowest BCUT2D eigenvalue weighted by molar-refractivity contribution is -0.139. The van der Waals surface area contributed by atoms with Crippen molar-refractivity contribution in [3.63, 3.8) is 0 Å². The summed E-state index contributed by atoms with van der Waals surface area (Å²) in [6.45, 7) is 7.30. The lowest BCUT2D eigenvalue weighted by Crippen LogP contribution is -2.59. The highest BCUT2D eigenvalue weighted by molar-refractivity contribution is 5.75. The number of carbonyl (C=O) groups is 1. The van der Waals surface area contributed by atoms with Crippen molar-refractivity contribution in [1.29, 1.82) is 0 Å². The number of nitrogens with zero attached hydrogens (tertiary/aromatic N) is 1. The fraction of sp³-hybridized carbons (Fsp3) is 0.696. The molecule has 1 aromatic carbocycles. The molecule has 4 rings (SSSR count). The van der Waals surface area contributed by atoms with E-state index in [2.05, 4.69) is 37.9 Å². The normalized spacial score (nSPS) is 31.9. The van der Waals surface area contributed by atoms with Gasteiger partial charge >= 0.3 is 5.97 Å². The SMILES string of the molecule is CC(C)C(C)C(=O)Oc1ccc2c(c1)[C@@]13CCCC[C@H]1[C@@H](C2)N(C)CC3. The lowest BCUT2D eigenvalue weighted by atomic mass is 9.52. The topological polar surface area (TPSA) is 29.5 Å². The van der Waals surface area contributed by atoms with Gasteiger partial charge in [0.25, 0.3) is 0 Å². The second-order valence-corrected chi connectivity index (χ2v) is 9.28.